The Morgan fingerprint density at radius 1 is 1.50 bits per heavy atom. The number of rotatable bonds is 4. The number of carboxylic acids is 1. The molecule has 0 bridgehead atoms. The Morgan fingerprint density at radius 3 is 2.94 bits per heavy atom. The van der Waals surface area contributed by atoms with Crippen molar-refractivity contribution in [1.82, 2.24) is 9.97 Å². The van der Waals surface area contributed by atoms with Gasteiger partial charge in [0.05, 0.1) is 19.3 Å². The fraction of sp³-hybridized carbons (Fsp3) is 0.583. The van der Waals surface area contributed by atoms with Gasteiger partial charge in [0, 0.05) is 11.8 Å². The summed E-state index contributed by atoms with van der Waals surface area (Å²) in [6.07, 6.45) is 1.49. The van der Waals surface area contributed by atoms with Gasteiger partial charge in [0.2, 0.25) is 0 Å². The minimum absolute atomic E-state index is 0.239. The van der Waals surface area contributed by atoms with Crippen LogP contribution in [0.5, 0.6) is 0 Å². The highest BCUT2D eigenvalue weighted by molar-refractivity contribution is 5.72. The Balaban J connectivity index is 2.09. The van der Waals surface area contributed by atoms with Gasteiger partial charge in [-0.2, -0.15) is 0 Å². The highest BCUT2D eigenvalue weighted by Gasteiger charge is 2.34. The molecule has 1 aliphatic rings. The standard InChI is InChI=1S/C12H17N3O3/c1-7(2)9-3-11(14-6-13-9)15-10-5-18-4-8(10)12(16)17/h3,6-8,10H,4-5H2,1-2H3,(H,16,17)(H,13,14,15). The van der Waals surface area contributed by atoms with Gasteiger partial charge in [-0.25, -0.2) is 9.97 Å². The monoisotopic (exact) mass is 251 g/mol. The minimum atomic E-state index is -0.844. The first kappa shape index (κ1) is 12.8. The Hall–Kier alpha value is -1.69. The van der Waals surface area contributed by atoms with Gasteiger partial charge in [-0.15, -0.1) is 0 Å². The van der Waals surface area contributed by atoms with E-state index >= 15 is 0 Å². The maximum absolute atomic E-state index is 11.0. The molecule has 1 aromatic heterocycles. The fourth-order valence-electron chi connectivity index (χ4n) is 1.90. The van der Waals surface area contributed by atoms with E-state index in [0.717, 1.165) is 5.69 Å². The summed E-state index contributed by atoms with van der Waals surface area (Å²) in [5.41, 5.74) is 0.929. The van der Waals surface area contributed by atoms with Crippen LogP contribution in [0.4, 0.5) is 5.82 Å². The van der Waals surface area contributed by atoms with E-state index in [1.165, 1.54) is 6.33 Å². The van der Waals surface area contributed by atoms with Crippen LogP contribution in [0.2, 0.25) is 0 Å². The third-order valence-electron chi connectivity index (χ3n) is 3.01. The zero-order valence-corrected chi connectivity index (χ0v) is 10.5. The molecule has 0 amide bonds. The molecular formula is C12H17N3O3. The van der Waals surface area contributed by atoms with E-state index < -0.39 is 11.9 Å². The molecule has 2 unspecified atom stereocenters. The second kappa shape index (κ2) is 5.30. The number of carbonyl (C=O) groups is 1. The number of nitrogens with one attached hydrogen (secondary N) is 1. The van der Waals surface area contributed by atoms with Gasteiger partial charge in [-0.05, 0) is 5.92 Å². The molecule has 0 aromatic carbocycles. The lowest BCUT2D eigenvalue weighted by atomic mass is 10.0. The summed E-state index contributed by atoms with van der Waals surface area (Å²) in [5.74, 6) is -0.412. The summed E-state index contributed by atoms with van der Waals surface area (Å²) in [5, 5.41) is 12.2. The van der Waals surface area contributed by atoms with Crippen LogP contribution in [0.15, 0.2) is 12.4 Å². The molecule has 2 N–H and O–H groups in total. The van der Waals surface area contributed by atoms with Gasteiger partial charge in [-0.1, -0.05) is 13.8 Å². The summed E-state index contributed by atoms with van der Waals surface area (Å²) >= 11 is 0. The van der Waals surface area contributed by atoms with Gasteiger partial charge >= 0.3 is 5.97 Å². The van der Waals surface area contributed by atoms with E-state index in [0.29, 0.717) is 18.3 Å². The molecule has 1 saturated heterocycles. The van der Waals surface area contributed by atoms with Gasteiger partial charge in [0.25, 0.3) is 0 Å². The molecular weight excluding hydrogens is 234 g/mol. The number of hydrogen-bond acceptors (Lipinski definition) is 5. The van der Waals surface area contributed by atoms with Crippen LogP contribution >= 0.6 is 0 Å². The van der Waals surface area contributed by atoms with E-state index in [4.69, 9.17) is 9.84 Å². The summed E-state index contributed by atoms with van der Waals surface area (Å²) in [4.78, 5) is 19.3. The van der Waals surface area contributed by atoms with E-state index in [2.05, 4.69) is 15.3 Å². The van der Waals surface area contributed by atoms with Crippen LogP contribution in [-0.4, -0.2) is 40.3 Å². The molecule has 98 valence electrons. The topological polar surface area (TPSA) is 84.3 Å². The molecule has 0 saturated carbocycles. The first-order valence-electron chi connectivity index (χ1n) is 5.97. The Bertz CT molecular complexity index is 436. The number of aromatic nitrogens is 2. The lowest BCUT2D eigenvalue weighted by molar-refractivity contribution is -0.141. The number of hydrogen-bond donors (Lipinski definition) is 2. The lowest BCUT2D eigenvalue weighted by Gasteiger charge is -2.16. The number of aliphatic carboxylic acids is 1. The van der Waals surface area contributed by atoms with Gasteiger partial charge in [-0.3, -0.25) is 4.79 Å². The second-order valence-corrected chi connectivity index (χ2v) is 4.72. The zero-order chi connectivity index (χ0) is 13.1. The smallest absolute Gasteiger partial charge is 0.311 e. The molecule has 18 heavy (non-hydrogen) atoms. The fourth-order valence-corrected chi connectivity index (χ4v) is 1.90. The van der Waals surface area contributed by atoms with Gasteiger partial charge in [0.15, 0.2) is 0 Å². The molecule has 1 aromatic rings. The predicted octanol–water partition coefficient (Wildman–Crippen LogP) is 1.11. The van der Waals surface area contributed by atoms with Crippen molar-refractivity contribution in [2.24, 2.45) is 5.92 Å². The van der Waals surface area contributed by atoms with Crippen molar-refractivity contribution in [2.75, 3.05) is 18.5 Å². The van der Waals surface area contributed by atoms with E-state index in [1.54, 1.807) is 0 Å². The van der Waals surface area contributed by atoms with Crippen LogP contribution in [0, 0.1) is 5.92 Å². The maximum Gasteiger partial charge on any atom is 0.311 e. The molecule has 1 fully saturated rings. The van der Waals surface area contributed by atoms with Crippen LogP contribution in [-0.2, 0) is 9.53 Å². The molecule has 6 nitrogen and oxygen atoms in total. The molecule has 2 atom stereocenters. The molecule has 2 rings (SSSR count). The Labute approximate surface area is 105 Å². The summed E-state index contributed by atoms with van der Waals surface area (Å²) < 4.78 is 5.19. The Morgan fingerprint density at radius 2 is 2.28 bits per heavy atom. The minimum Gasteiger partial charge on any atom is -0.481 e. The van der Waals surface area contributed by atoms with Gasteiger partial charge < -0.3 is 15.2 Å². The van der Waals surface area contributed by atoms with Crippen LogP contribution in [0.25, 0.3) is 0 Å². The highest BCUT2D eigenvalue weighted by Crippen LogP contribution is 2.20. The quantitative estimate of drug-likeness (QED) is 0.834. The van der Waals surface area contributed by atoms with Crippen molar-refractivity contribution in [1.29, 1.82) is 0 Å². The number of nitrogens with zero attached hydrogens (tertiary/aromatic N) is 2. The lowest BCUT2D eigenvalue weighted by Crippen LogP contribution is -2.33. The zero-order valence-electron chi connectivity index (χ0n) is 10.5. The van der Waals surface area contributed by atoms with Crippen molar-refractivity contribution in [3.63, 3.8) is 0 Å². The number of carboxylic acid groups (broad SMARTS) is 1. The highest BCUT2D eigenvalue weighted by atomic mass is 16.5. The van der Waals surface area contributed by atoms with E-state index in [9.17, 15) is 4.79 Å². The normalized spacial score (nSPS) is 23.3. The molecule has 0 aliphatic carbocycles. The maximum atomic E-state index is 11.0. The molecule has 6 heteroatoms. The molecule has 0 spiro atoms. The third-order valence-corrected chi connectivity index (χ3v) is 3.01. The average Bonchev–Trinajstić information content (AvgIpc) is 2.77. The summed E-state index contributed by atoms with van der Waals surface area (Å²) in [7, 11) is 0. The SMILES string of the molecule is CC(C)c1cc(NC2COCC2C(=O)O)ncn1. The largest absolute Gasteiger partial charge is 0.481 e. The predicted molar refractivity (Wildman–Crippen MR) is 65.5 cm³/mol. The van der Waals surface area contributed by atoms with E-state index in [1.807, 2.05) is 19.9 Å². The molecule has 1 aliphatic heterocycles. The number of anilines is 1. The van der Waals surface area contributed by atoms with Crippen molar-refractivity contribution in [3.05, 3.63) is 18.1 Å². The Kier molecular flexibility index (Phi) is 3.76. The van der Waals surface area contributed by atoms with Crippen LogP contribution in [0.1, 0.15) is 25.5 Å². The first-order valence-corrected chi connectivity index (χ1v) is 5.97. The summed E-state index contributed by atoms with van der Waals surface area (Å²) in [6, 6.07) is 1.61. The van der Waals surface area contributed by atoms with E-state index in [-0.39, 0.29) is 12.6 Å². The first-order chi connectivity index (χ1) is 8.58. The van der Waals surface area contributed by atoms with Crippen molar-refractivity contribution >= 4 is 11.8 Å². The average molecular weight is 251 g/mol. The van der Waals surface area contributed by atoms with Gasteiger partial charge in [0.1, 0.15) is 18.1 Å². The number of ether oxygens (including phenoxy) is 1. The van der Waals surface area contributed by atoms with Crippen molar-refractivity contribution in [3.8, 4) is 0 Å². The molecule has 2 heterocycles. The van der Waals surface area contributed by atoms with Crippen molar-refractivity contribution in [2.45, 2.75) is 25.8 Å². The van der Waals surface area contributed by atoms with Crippen LogP contribution < -0.4 is 5.32 Å². The summed E-state index contributed by atoms with van der Waals surface area (Å²) in [6.45, 7) is 4.72. The third kappa shape index (κ3) is 2.76. The van der Waals surface area contributed by atoms with Crippen LogP contribution in [0.3, 0.4) is 0 Å². The molecule has 0 radical (unpaired) electrons. The second-order valence-electron chi connectivity index (χ2n) is 4.72. The van der Waals surface area contributed by atoms with Crippen molar-refractivity contribution < 1.29 is 14.6 Å².